The second-order valence-corrected chi connectivity index (χ2v) is 4.03. The number of guanidine groups is 1. The Hall–Kier alpha value is -1.66. The zero-order chi connectivity index (χ0) is 14.1. The van der Waals surface area contributed by atoms with E-state index in [0.29, 0.717) is 31.4 Å². The lowest BCUT2D eigenvalue weighted by Gasteiger charge is -2.10. The van der Waals surface area contributed by atoms with Crippen molar-refractivity contribution in [3.63, 3.8) is 0 Å². The Morgan fingerprint density at radius 1 is 1.47 bits per heavy atom. The van der Waals surface area contributed by atoms with Crippen molar-refractivity contribution in [1.82, 2.24) is 5.43 Å². The molecule has 0 saturated carbocycles. The van der Waals surface area contributed by atoms with E-state index in [2.05, 4.69) is 15.7 Å². The fourth-order valence-electron chi connectivity index (χ4n) is 1.47. The van der Waals surface area contributed by atoms with Gasteiger partial charge in [0.25, 0.3) is 0 Å². The summed E-state index contributed by atoms with van der Waals surface area (Å²) < 4.78 is 18.8. The SMILES string of the molecule is CCOCCCN=C(NN)Nc1ccc(C)cc1F. The molecule has 1 aromatic rings. The summed E-state index contributed by atoms with van der Waals surface area (Å²) in [5.41, 5.74) is 3.61. The van der Waals surface area contributed by atoms with E-state index in [9.17, 15) is 4.39 Å². The van der Waals surface area contributed by atoms with Crippen LogP contribution in [0.5, 0.6) is 0 Å². The fraction of sp³-hybridized carbons (Fsp3) is 0.462. The van der Waals surface area contributed by atoms with Gasteiger partial charge in [-0.15, -0.1) is 0 Å². The molecule has 1 aromatic carbocycles. The molecule has 6 heteroatoms. The van der Waals surface area contributed by atoms with Crippen molar-refractivity contribution in [2.24, 2.45) is 10.8 Å². The van der Waals surface area contributed by atoms with Crippen LogP contribution in [-0.2, 0) is 4.74 Å². The lowest BCUT2D eigenvalue weighted by atomic mass is 10.2. The van der Waals surface area contributed by atoms with Gasteiger partial charge in [-0.3, -0.25) is 10.4 Å². The summed E-state index contributed by atoms with van der Waals surface area (Å²) in [6, 6.07) is 4.91. The normalized spacial score (nSPS) is 11.5. The van der Waals surface area contributed by atoms with Gasteiger partial charge in [0.05, 0.1) is 5.69 Å². The van der Waals surface area contributed by atoms with Gasteiger partial charge in [0, 0.05) is 19.8 Å². The number of halogens is 1. The van der Waals surface area contributed by atoms with Gasteiger partial charge in [0.1, 0.15) is 5.82 Å². The molecule has 0 radical (unpaired) electrons. The Balaban J connectivity index is 2.53. The molecule has 0 aromatic heterocycles. The lowest BCUT2D eigenvalue weighted by molar-refractivity contribution is 0.146. The third kappa shape index (κ3) is 5.67. The minimum absolute atomic E-state index is 0.333. The number of nitrogens with two attached hydrogens (primary N) is 1. The fourth-order valence-corrected chi connectivity index (χ4v) is 1.47. The first-order valence-corrected chi connectivity index (χ1v) is 6.29. The molecule has 5 nitrogen and oxygen atoms in total. The van der Waals surface area contributed by atoms with Crippen molar-refractivity contribution in [1.29, 1.82) is 0 Å². The number of benzene rings is 1. The highest BCUT2D eigenvalue weighted by atomic mass is 19.1. The number of hydrazine groups is 1. The highest BCUT2D eigenvalue weighted by Crippen LogP contribution is 2.14. The smallest absolute Gasteiger partial charge is 0.210 e. The minimum atomic E-state index is -0.336. The summed E-state index contributed by atoms with van der Waals surface area (Å²) in [4.78, 5) is 4.20. The van der Waals surface area contributed by atoms with E-state index in [0.717, 1.165) is 12.0 Å². The molecular weight excluding hydrogens is 247 g/mol. The molecule has 0 fully saturated rings. The monoisotopic (exact) mass is 268 g/mol. The first kappa shape index (κ1) is 15.4. The summed E-state index contributed by atoms with van der Waals surface area (Å²) in [6.45, 7) is 5.67. The van der Waals surface area contributed by atoms with Crippen molar-refractivity contribution < 1.29 is 9.13 Å². The number of anilines is 1. The molecule has 0 aliphatic carbocycles. The zero-order valence-electron chi connectivity index (χ0n) is 11.4. The van der Waals surface area contributed by atoms with E-state index in [1.807, 2.05) is 19.9 Å². The Bertz CT molecular complexity index is 423. The number of hydrogen-bond donors (Lipinski definition) is 3. The number of rotatable bonds is 6. The van der Waals surface area contributed by atoms with Crippen LogP contribution in [0.15, 0.2) is 23.2 Å². The van der Waals surface area contributed by atoms with Crippen LogP contribution in [0, 0.1) is 12.7 Å². The quantitative estimate of drug-likeness (QED) is 0.242. The van der Waals surface area contributed by atoms with Crippen LogP contribution < -0.4 is 16.6 Å². The third-order valence-electron chi connectivity index (χ3n) is 2.44. The van der Waals surface area contributed by atoms with Gasteiger partial charge < -0.3 is 10.1 Å². The molecule has 1 rings (SSSR count). The van der Waals surface area contributed by atoms with E-state index >= 15 is 0 Å². The Morgan fingerprint density at radius 2 is 2.26 bits per heavy atom. The van der Waals surface area contributed by atoms with E-state index in [1.165, 1.54) is 6.07 Å². The molecule has 4 N–H and O–H groups in total. The number of ether oxygens (including phenoxy) is 1. The molecule has 0 spiro atoms. The maximum Gasteiger partial charge on any atom is 0.210 e. The number of aliphatic imine (C=N–C) groups is 1. The standard InChI is InChI=1S/C13H21FN4O/c1-3-19-8-4-7-16-13(18-15)17-12-6-5-10(2)9-11(12)14/h5-6,9H,3-4,7-8,15H2,1-2H3,(H2,16,17,18). The van der Waals surface area contributed by atoms with Gasteiger partial charge in [-0.2, -0.15) is 0 Å². The molecule has 19 heavy (non-hydrogen) atoms. The summed E-state index contributed by atoms with van der Waals surface area (Å²) in [5, 5.41) is 2.81. The topological polar surface area (TPSA) is 71.7 Å². The average Bonchev–Trinajstić information content (AvgIpc) is 2.39. The van der Waals surface area contributed by atoms with Crippen LogP contribution in [0.4, 0.5) is 10.1 Å². The highest BCUT2D eigenvalue weighted by molar-refractivity contribution is 5.93. The van der Waals surface area contributed by atoms with Crippen LogP contribution >= 0.6 is 0 Å². The molecule has 0 amide bonds. The molecule has 106 valence electrons. The van der Waals surface area contributed by atoms with Crippen LogP contribution in [0.1, 0.15) is 18.9 Å². The van der Waals surface area contributed by atoms with Crippen molar-refractivity contribution in [3.05, 3.63) is 29.6 Å². The van der Waals surface area contributed by atoms with Gasteiger partial charge in [0.15, 0.2) is 0 Å². The van der Waals surface area contributed by atoms with Crippen molar-refractivity contribution >= 4 is 11.6 Å². The highest BCUT2D eigenvalue weighted by Gasteiger charge is 2.04. The number of nitrogens with one attached hydrogen (secondary N) is 2. The van der Waals surface area contributed by atoms with Gasteiger partial charge in [-0.05, 0) is 38.0 Å². The second kappa shape index (κ2) is 8.44. The van der Waals surface area contributed by atoms with Gasteiger partial charge in [0.2, 0.25) is 5.96 Å². The molecule has 0 atom stereocenters. The lowest BCUT2D eigenvalue weighted by Crippen LogP contribution is -2.36. The van der Waals surface area contributed by atoms with Gasteiger partial charge in [-0.1, -0.05) is 6.07 Å². The second-order valence-electron chi connectivity index (χ2n) is 4.03. The van der Waals surface area contributed by atoms with Gasteiger partial charge in [-0.25, -0.2) is 10.2 Å². The Kier molecular flexibility index (Phi) is 6.84. The van der Waals surface area contributed by atoms with Crippen LogP contribution in [0.3, 0.4) is 0 Å². The molecule has 0 aliphatic rings. The van der Waals surface area contributed by atoms with Crippen molar-refractivity contribution in [3.8, 4) is 0 Å². The summed E-state index contributed by atoms with van der Waals surface area (Å²) >= 11 is 0. The molecule has 0 heterocycles. The van der Waals surface area contributed by atoms with Crippen LogP contribution in [0.2, 0.25) is 0 Å². The van der Waals surface area contributed by atoms with Crippen LogP contribution in [0.25, 0.3) is 0 Å². The summed E-state index contributed by atoms with van der Waals surface area (Å²) in [7, 11) is 0. The number of aryl methyl sites for hydroxylation is 1. The molecule has 0 bridgehead atoms. The molecule has 0 unspecified atom stereocenters. The number of hydrogen-bond acceptors (Lipinski definition) is 3. The molecule has 0 saturated heterocycles. The predicted octanol–water partition coefficient (Wildman–Crippen LogP) is 1.79. The van der Waals surface area contributed by atoms with E-state index in [-0.39, 0.29) is 5.82 Å². The average molecular weight is 268 g/mol. The predicted molar refractivity (Wildman–Crippen MR) is 75.5 cm³/mol. The van der Waals surface area contributed by atoms with E-state index in [1.54, 1.807) is 6.07 Å². The first-order valence-electron chi connectivity index (χ1n) is 6.29. The zero-order valence-corrected chi connectivity index (χ0v) is 11.4. The largest absolute Gasteiger partial charge is 0.382 e. The maximum absolute atomic E-state index is 13.6. The minimum Gasteiger partial charge on any atom is -0.382 e. The Morgan fingerprint density at radius 3 is 2.89 bits per heavy atom. The first-order chi connectivity index (χ1) is 9.17. The van der Waals surface area contributed by atoms with Crippen molar-refractivity contribution in [2.75, 3.05) is 25.1 Å². The third-order valence-corrected chi connectivity index (χ3v) is 2.44. The molecule has 0 aliphatic heterocycles. The van der Waals surface area contributed by atoms with E-state index in [4.69, 9.17) is 10.6 Å². The van der Waals surface area contributed by atoms with Gasteiger partial charge >= 0.3 is 0 Å². The molecular formula is C13H21FN4O. The number of nitrogens with zero attached hydrogens (tertiary/aromatic N) is 1. The maximum atomic E-state index is 13.6. The summed E-state index contributed by atoms with van der Waals surface area (Å²) in [5.74, 6) is 5.34. The summed E-state index contributed by atoms with van der Waals surface area (Å²) in [6.07, 6.45) is 0.789. The van der Waals surface area contributed by atoms with E-state index < -0.39 is 0 Å². The Labute approximate surface area is 113 Å². The van der Waals surface area contributed by atoms with Crippen molar-refractivity contribution in [2.45, 2.75) is 20.3 Å². The van der Waals surface area contributed by atoms with Crippen LogP contribution in [-0.4, -0.2) is 25.7 Å².